The molecule has 0 spiro atoms. The van der Waals surface area contributed by atoms with Crippen molar-refractivity contribution in [3.63, 3.8) is 0 Å². The first-order chi connectivity index (χ1) is 11.0. The number of hydrogen-bond acceptors (Lipinski definition) is 4. The number of nitrogens with zero attached hydrogens (tertiary/aromatic N) is 1. The highest BCUT2D eigenvalue weighted by Gasteiger charge is 2.36. The zero-order valence-corrected chi connectivity index (χ0v) is 13.7. The first-order valence-corrected chi connectivity index (χ1v) is 7.76. The summed E-state index contributed by atoms with van der Waals surface area (Å²) in [6.07, 6.45) is 0.985. The van der Waals surface area contributed by atoms with E-state index in [1.54, 1.807) is 24.3 Å². The number of ether oxygens (including phenoxy) is 1. The van der Waals surface area contributed by atoms with Crippen molar-refractivity contribution in [2.75, 3.05) is 18.6 Å². The number of para-hydroxylation sites is 1. The van der Waals surface area contributed by atoms with Crippen molar-refractivity contribution in [1.82, 2.24) is 5.32 Å². The zero-order valence-electron chi connectivity index (χ0n) is 13.7. The summed E-state index contributed by atoms with van der Waals surface area (Å²) in [5, 5.41) is 2.90. The van der Waals surface area contributed by atoms with Crippen LogP contribution in [0.1, 0.15) is 37.0 Å². The summed E-state index contributed by atoms with van der Waals surface area (Å²) < 4.78 is 4.76. The van der Waals surface area contributed by atoms with Crippen LogP contribution in [0.5, 0.6) is 0 Å². The molecule has 0 aromatic heterocycles. The van der Waals surface area contributed by atoms with Gasteiger partial charge in [-0.2, -0.15) is 0 Å². The molecule has 2 amide bonds. The summed E-state index contributed by atoms with van der Waals surface area (Å²) in [6, 6.07) is 6.85. The zero-order chi connectivity index (χ0) is 17.0. The highest BCUT2D eigenvalue weighted by Crippen LogP contribution is 2.28. The van der Waals surface area contributed by atoms with Crippen LogP contribution >= 0.6 is 0 Å². The van der Waals surface area contributed by atoms with Gasteiger partial charge >= 0.3 is 5.97 Å². The van der Waals surface area contributed by atoms with E-state index in [0.29, 0.717) is 11.3 Å². The predicted molar refractivity (Wildman–Crippen MR) is 86.1 cm³/mol. The molecule has 1 aromatic rings. The average molecular weight is 318 g/mol. The molecule has 1 saturated heterocycles. The lowest BCUT2D eigenvalue weighted by atomic mass is 10.1. The second kappa shape index (κ2) is 7.26. The van der Waals surface area contributed by atoms with Gasteiger partial charge in [0, 0.05) is 19.0 Å². The van der Waals surface area contributed by atoms with Crippen molar-refractivity contribution in [3.8, 4) is 0 Å². The molecule has 2 atom stereocenters. The van der Waals surface area contributed by atoms with E-state index in [9.17, 15) is 14.4 Å². The van der Waals surface area contributed by atoms with Gasteiger partial charge < -0.3 is 15.0 Å². The van der Waals surface area contributed by atoms with Crippen molar-refractivity contribution in [2.24, 2.45) is 5.92 Å². The van der Waals surface area contributed by atoms with Gasteiger partial charge in [-0.25, -0.2) is 4.79 Å². The molecule has 6 heteroatoms. The Balaban J connectivity index is 2.18. The highest BCUT2D eigenvalue weighted by atomic mass is 16.5. The molecule has 1 aromatic carbocycles. The standard InChI is InChI=1S/C17H22N2O4/c1-4-11(2)18-16(21)12-9-15(20)19(10-12)14-8-6-5-7-13(14)17(22)23-3/h5-8,11-12H,4,9-10H2,1-3H3,(H,18,21). The van der Waals surface area contributed by atoms with Crippen molar-refractivity contribution < 1.29 is 19.1 Å². The Kier molecular flexibility index (Phi) is 5.36. The Morgan fingerprint density at radius 3 is 2.74 bits per heavy atom. The maximum absolute atomic E-state index is 12.3. The summed E-state index contributed by atoms with van der Waals surface area (Å²) in [7, 11) is 1.30. The normalized spacial score (nSPS) is 18.7. The molecule has 23 heavy (non-hydrogen) atoms. The van der Waals surface area contributed by atoms with Gasteiger partial charge in [-0.05, 0) is 25.5 Å². The maximum Gasteiger partial charge on any atom is 0.339 e. The Morgan fingerprint density at radius 2 is 2.09 bits per heavy atom. The van der Waals surface area contributed by atoms with E-state index in [-0.39, 0.29) is 30.8 Å². The lowest BCUT2D eigenvalue weighted by molar-refractivity contribution is -0.126. The fourth-order valence-electron chi connectivity index (χ4n) is 2.57. The predicted octanol–water partition coefficient (Wildman–Crippen LogP) is 1.74. The van der Waals surface area contributed by atoms with Gasteiger partial charge in [0.1, 0.15) is 0 Å². The Hall–Kier alpha value is -2.37. The van der Waals surface area contributed by atoms with Crippen LogP contribution in [0.4, 0.5) is 5.69 Å². The van der Waals surface area contributed by atoms with Gasteiger partial charge in [-0.15, -0.1) is 0 Å². The number of anilines is 1. The average Bonchev–Trinajstić information content (AvgIpc) is 2.95. The third-order valence-electron chi connectivity index (χ3n) is 4.10. The molecular weight excluding hydrogens is 296 g/mol. The Labute approximate surface area is 135 Å². The summed E-state index contributed by atoms with van der Waals surface area (Å²) in [5.41, 5.74) is 0.814. The molecule has 1 N–H and O–H groups in total. The van der Waals surface area contributed by atoms with Crippen LogP contribution in [0, 0.1) is 5.92 Å². The molecule has 2 rings (SSSR count). The van der Waals surface area contributed by atoms with E-state index in [1.165, 1.54) is 12.0 Å². The van der Waals surface area contributed by atoms with Gasteiger partial charge in [0.05, 0.1) is 24.3 Å². The number of rotatable bonds is 5. The molecule has 0 radical (unpaired) electrons. The maximum atomic E-state index is 12.3. The molecule has 0 saturated carbocycles. The quantitative estimate of drug-likeness (QED) is 0.839. The number of benzene rings is 1. The first-order valence-electron chi connectivity index (χ1n) is 7.76. The molecule has 6 nitrogen and oxygen atoms in total. The van der Waals surface area contributed by atoms with Crippen LogP contribution in [0.2, 0.25) is 0 Å². The van der Waals surface area contributed by atoms with E-state index in [4.69, 9.17) is 4.74 Å². The number of carbonyl (C=O) groups is 3. The third-order valence-corrected chi connectivity index (χ3v) is 4.10. The fraction of sp³-hybridized carbons (Fsp3) is 0.471. The minimum atomic E-state index is -0.499. The highest BCUT2D eigenvalue weighted by molar-refractivity contribution is 6.05. The van der Waals surface area contributed by atoms with Crippen LogP contribution in [0.3, 0.4) is 0 Å². The number of methoxy groups -OCH3 is 1. The summed E-state index contributed by atoms with van der Waals surface area (Å²) in [6.45, 7) is 4.19. The second-order valence-electron chi connectivity index (χ2n) is 5.73. The molecule has 1 fully saturated rings. The van der Waals surface area contributed by atoms with Gasteiger partial charge in [0.15, 0.2) is 0 Å². The summed E-state index contributed by atoms with van der Waals surface area (Å²) in [4.78, 5) is 37.9. The van der Waals surface area contributed by atoms with Gasteiger partial charge in [0.2, 0.25) is 11.8 Å². The largest absolute Gasteiger partial charge is 0.465 e. The number of carbonyl (C=O) groups excluding carboxylic acids is 3. The summed E-state index contributed by atoms with van der Waals surface area (Å²) >= 11 is 0. The van der Waals surface area contributed by atoms with Crippen LogP contribution < -0.4 is 10.2 Å². The third kappa shape index (κ3) is 3.70. The molecule has 0 bridgehead atoms. The van der Waals surface area contributed by atoms with Gasteiger partial charge in [-0.3, -0.25) is 9.59 Å². The van der Waals surface area contributed by atoms with Crippen molar-refractivity contribution in [2.45, 2.75) is 32.7 Å². The van der Waals surface area contributed by atoms with E-state index >= 15 is 0 Å². The fourth-order valence-corrected chi connectivity index (χ4v) is 2.57. The molecule has 1 aliphatic heterocycles. The van der Waals surface area contributed by atoms with Gasteiger partial charge in [0.25, 0.3) is 0 Å². The van der Waals surface area contributed by atoms with Crippen LogP contribution in [0.15, 0.2) is 24.3 Å². The SMILES string of the molecule is CCC(C)NC(=O)C1CC(=O)N(c2ccccc2C(=O)OC)C1. The van der Waals surface area contributed by atoms with Crippen molar-refractivity contribution in [3.05, 3.63) is 29.8 Å². The van der Waals surface area contributed by atoms with Crippen LogP contribution in [-0.4, -0.2) is 37.5 Å². The van der Waals surface area contributed by atoms with Gasteiger partial charge in [-0.1, -0.05) is 19.1 Å². The number of hydrogen-bond donors (Lipinski definition) is 1. The molecule has 0 aliphatic carbocycles. The lowest BCUT2D eigenvalue weighted by Crippen LogP contribution is -2.38. The molecule has 124 valence electrons. The van der Waals surface area contributed by atoms with Crippen molar-refractivity contribution >= 4 is 23.5 Å². The minimum absolute atomic E-state index is 0.0778. The topological polar surface area (TPSA) is 75.7 Å². The molecular formula is C17H22N2O4. The molecule has 2 unspecified atom stereocenters. The second-order valence-corrected chi connectivity index (χ2v) is 5.73. The lowest BCUT2D eigenvalue weighted by Gasteiger charge is -2.20. The molecule has 1 heterocycles. The van der Waals surface area contributed by atoms with E-state index in [1.807, 2.05) is 13.8 Å². The van der Waals surface area contributed by atoms with Crippen LogP contribution in [0.25, 0.3) is 0 Å². The molecule has 1 aliphatic rings. The van der Waals surface area contributed by atoms with E-state index in [0.717, 1.165) is 6.42 Å². The van der Waals surface area contributed by atoms with E-state index < -0.39 is 11.9 Å². The van der Waals surface area contributed by atoms with Crippen molar-refractivity contribution in [1.29, 1.82) is 0 Å². The summed E-state index contributed by atoms with van der Waals surface area (Å²) in [5.74, 6) is -1.18. The Bertz CT molecular complexity index is 614. The number of amides is 2. The first kappa shape index (κ1) is 17.0. The number of esters is 1. The Morgan fingerprint density at radius 1 is 1.39 bits per heavy atom. The minimum Gasteiger partial charge on any atom is -0.465 e. The van der Waals surface area contributed by atoms with Crippen LogP contribution in [-0.2, 0) is 14.3 Å². The monoisotopic (exact) mass is 318 g/mol. The number of nitrogens with one attached hydrogen (secondary N) is 1. The van der Waals surface area contributed by atoms with E-state index in [2.05, 4.69) is 5.32 Å². The smallest absolute Gasteiger partial charge is 0.339 e.